The summed E-state index contributed by atoms with van der Waals surface area (Å²) in [7, 11) is 1.80. The van der Waals surface area contributed by atoms with Gasteiger partial charge < -0.3 is 15.0 Å². The number of benzene rings is 1. The van der Waals surface area contributed by atoms with Gasteiger partial charge >= 0.3 is 0 Å². The lowest BCUT2D eigenvalue weighted by atomic mass is 10.1. The molecule has 160 valence electrons. The molecule has 2 atom stereocenters. The second kappa shape index (κ2) is 11.2. The summed E-state index contributed by atoms with van der Waals surface area (Å²) in [6.45, 7) is 8.62. The van der Waals surface area contributed by atoms with Crippen LogP contribution in [0.5, 0.6) is 0 Å². The Morgan fingerprint density at radius 2 is 2.07 bits per heavy atom. The average Bonchev–Trinajstić information content (AvgIpc) is 3.14. The van der Waals surface area contributed by atoms with E-state index in [0.29, 0.717) is 12.5 Å². The Morgan fingerprint density at radius 1 is 1.34 bits per heavy atom. The van der Waals surface area contributed by atoms with Crippen LogP contribution in [0.2, 0.25) is 0 Å². The van der Waals surface area contributed by atoms with E-state index in [0.717, 1.165) is 36.7 Å². The summed E-state index contributed by atoms with van der Waals surface area (Å²) in [6, 6.07) is 6.55. The monoisotopic (exact) mass is 532 g/mol. The van der Waals surface area contributed by atoms with Gasteiger partial charge in [0.25, 0.3) is 0 Å². The number of ether oxygens (including phenoxy) is 1. The van der Waals surface area contributed by atoms with E-state index >= 15 is 0 Å². The van der Waals surface area contributed by atoms with Gasteiger partial charge in [0.05, 0.1) is 23.4 Å². The third-order valence-corrected chi connectivity index (χ3v) is 5.94. The summed E-state index contributed by atoms with van der Waals surface area (Å²) in [5.74, 6) is 1.10. The number of nitrogens with zero attached hydrogens (tertiary/aromatic N) is 3. The number of thiazole rings is 1. The zero-order chi connectivity index (χ0) is 20.1. The van der Waals surface area contributed by atoms with Crippen LogP contribution in [0.3, 0.4) is 0 Å². The van der Waals surface area contributed by atoms with E-state index in [1.165, 1.54) is 17.1 Å². The molecule has 1 aromatic carbocycles. The molecule has 0 radical (unpaired) electrons. The van der Waals surface area contributed by atoms with Crippen molar-refractivity contribution in [2.45, 2.75) is 45.3 Å². The van der Waals surface area contributed by atoms with E-state index < -0.39 is 0 Å². The van der Waals surface area contributed by atoms with Crippen LogP contribution in [0.1, 0.15) is 49.1 Å². The molecule has 0 saturated carbocycles. The molecule has 1 N–H and O–H groups in total. The van der Waals surface area contributed by atoms with Crippen molar-refractivity contribution in [2.24, 2.45) is 4.99 Å². The van der Waals surface area contributed by atoms with Gasteiger partial charge in [-0.25, -0.2) is 9.37 Å². The molecule has 1 aromatic heterocycles. The van der Waals surface area contributed by atoms with Crippen molar-refractivity contribution in [1.29, 1.82) is 0 Å². The van der Waals surface area contributed by atoms with Crippen LogP contribution < -0.4 is 5.32 Å². The van der Waals surface area contributed by atoms with Crippen LogP contribution in [0.25, 0.3) is 0 Å². The Kier molecular flexibility index (Phi) is 9.29. The molecular weight excluding hydrogens is 502 g/mol. The fraction of sp³-hybridized carbons (Fsp3) is 0.524. The van der Waals surface area contributed by atoms with Gasteiger partial charge in [0, 0.05) is 37.9 Å². The van der Waals surface area contributed by atoms with Crippen molar-refractivity contribution >= 4 is 41.3 Å². The highest BCUT2D eigenvalue weighted by Gasteiger charge is 2.28. The molecule has 2 unspecified atom stereocenters. The molecular formula is C21H30FIN4OS. The Labute approximate surface area is 193 Å². The Balaban J connectivity index is 0.00000300. The maximum absolute atomic E-state index is 13.2. The van der Waals surface area contributed by atoms with E-state index in [1.807, 2.05) is 0 Å². The van der Waals surface area contributed by atoms with Crippen LogP contribution in [-0.2, 0) is 11.2 Å². The number of hydrogen-bond acceptors (Lipinski definition) is 4. The molecule has 0 bridgehead atoms. The molecule has 1 aliphatic rings. The molecule has 1 saturated heterocycles. The molecule has 5 nitrogen and oxygen atoms in total. The topological polar surface area (TPSA) is 49.8 Å². The van der Waals surface area contributed by atoms with Crippen molar-refractivity contribution in [3.63, 3.8) is 0 Å². The zero-order valence-electron chi connectivity index (χ0n) is 17.4. The molecule has 0 amide bonds. The quantitative estimate of drug-likeness (QED) is 0.348. The summed E-state index contributed by atoms with van der Waals surface area (Å²) in [6.07, 6.45) is 0.827. The zero-order valence-corrected chi connectivity index (χ0v) is 20.5. The molecule has 3 rings (SSSR count). The summed E-state index contributed by atoms with van der Waals surface area (Å²) >= 11 is 1.73. The van der Waals surface area contributed by atoms with Crippen LogP contribution in [0.15, 0.2) is 34.6 Å². The normalized spacial score (nSPS) is 19.9. The first-order valence-corrected chi connectivity index (χ1v) is 10.6. The standard InChI is InChI=1S/C21H29FN4OS.HI/c1-14(2)20-25-18(13-28-20)9-10-24-21(23-4)26-11-15(3)27-19(12-26)16-5-7-17(22)8-6-16;/h5-8,13-15,19H,9-12H2,1-4H3,(H,23,24);1H. The molecule has 0 aliphatic carbocycles. The van der Waals surface area contributed by atoms with Gasteiger partial charge in [0.15, 0.2) is 5.96 Å². The van der Waals surface area contributed by atoms with E-state index in [9.17, 15) is 4.39 Å². The SMILES string of the molecule is CN=C(NCCc1csc(C(C)C)n1)N1CC(C)OC(c2ccc(F)cc2)C1.I. The van der Waals surface area contributed by atoms with Gasteiger partial charge in [-0.1, -0.05) is 26.0 Å². The van der Waals surface area contributed by atoms with Gasteiger partial charge in [0.2, 0.25) is 0 Å². The Bertz CT molecular complexity index is 796. The average molecular weight is 532 g/mol. The third kappa shape index (κ3) is 6.62. The summed E-state index contributed by atoms with van der Waals surface area (Å²) in [4.78, 5) is 11.4. The van der Waals surface area contributed by atoms with E-state index in [-0.39, 0.29) is 42.0 Å². The molecule has 29 heavy (non-hydrogen) atoms. The number of guanidine groups is 1. The molecule has 8 heteroatoms. The minimum atomic E-state index is -0.232. The summed E-state index contributed by atoms with van der Waals surface area (Å²) < 4.78 is 19.3. The molecule has 2 aromatic rings. The molecule has 0 spiro atoms. The second-order valence-corrected chi connectivity index (χ2v) is 8.34. The molecule has 1 aliphatic heterocycles. The Hall–Kier alpha value is -1.26. The van der Waals surface area contributed by atoms with E-state index in [1.54, 1.807) is 30.5 Å². The highest BCUT2D eigenvalue weighted by Crippen LogP contribution is 2.25. The van der Waals surface area contributed by atoms with Crippen LogP contribution in [0, 0.1) is 5.82 Å². The van der Waals surface area contributed by atoms with Crippen molar-refractivity contribution < 1.29 is 9.13 Å². The second-order valence-electron chi connectivity index (χ2n) is 7.45. The Morgan fingerprint density at radius 3 is 2.69 bits per heavy atom. The predicted molar refractivity (Wildman–Crippen MR) is 128 cm³/mol. The lowest BCUT2D eigenvalue weighted by Gasteiger charge is -2.38. The first kappa shape index (κ1) is 24.0. The third-order valence-electron chi connectivity index (χ3n) is 4.74. The van der Waals surface area contributed by atoms with E-state index in [2.05, 4.69) is 41.4 Å². The number of hydrogen-bond donors (Lipinski definition) is 1. The van der Waals surface area contributed by atoms with Crippen molar-refractivity contribution in [2.75, 3.05) is 26.7 Å². The molecule has 2 heterocycles. The number of morpholine rings is 1. The van der Waals surface area contributed by atoms with Crippen molar-refractivity contribution in [3.05, 3.63) is 51.7 Å². The van der Waals surface area contributed by atoms with Crippen LogP contribution >= 0.6 is 35.3 Å². The number of rotatable bonds is 5. The van der Waals surface area contributed by atoms with Gasteiger partial charge in [-0.15, -0.1) is 35.3 Å². The highest BCUT2D eigenvalue weighted by atomic mass is 127. The lowest BCUT2D eigenvalue weighted by Crippen LogP contribution is -2.51. The first-order chi connectivity index (χ1) is 13.5. The smallest absolute Gasteiger partial charge is 0.193 e. The number of aromatic nitrogens is 1. The van der Waals surface area contributed by atoms with Crippen molar-refractivity contribution in [3.8, 4) is 0 Å². The maximum atomic E-state index is 13.2. The van der Waals surface area contributed by atoms with Gasteiger partial charge in [-0.3, -0.25) is 4.99 Å². The summed E-state index contributed by atoms with van der Waals surface area (Å²) in [5.41, 5.74) is 2.10. The van der Waals surface area contributed by atoms with Crippen LogP contribution in [0.4, 0.5) is 4.39 Å². The lowest BCUT2D eigenvalue weighted by molar-refractivity contribution is -0.0604. The van der Waals surface area contributed by atoms with Gasteiger partial charge in [-0.05, 0) is 24.6 Å². The largest absolute Gasteiger partial charge is 0.367 e. The minimum Gasteiger partial charge on any atom is -0.367 e. The molecule has 1 fully saturated rings. The number of halogens is 2. The minimum absolute atomic E-state index is 0. The maximum Gasteiger partial charge on any atom is 0.193 e. The number of nitrogens with one attached hydrogen (secondary N) is 1. The summed E-state index contributed by atoms with van der Waals surface area (Å²) in [5, 5.41) is 6.78. The predicted octanol–water partition coefficient (Wildman–Crippen LogP) is 4.60. The van der Waals surface area contributed by atoms with Gasteiger partial charge in [0.1, 0.15) is 11.9 Å². The van der Waals surface area contributed by atoms with Gasteiger partial charge in [-0.2, -0.15) is 0 Å². The van der Waals surface area contributed by atoms with E-state index in [4.69, 9.17) is 9.72 Å². The fourth-order valence-electron chi connectivity index (χ4n) is 3.32. The van der Waals surface area contributed by atoms with Crippen molar-refractivity contribution in [1.82, 2.24) is 15.2 Å². The van der Waals surface area contributed by atoms with Crippen LogP contribution in [-0.4, -0.2) is 48.6 Å². The fourth-order valence-corrected chi connectivity index (χ4v) is 4.19. The highest BCUT2D eigenvalue weighted by molar-refractivity contribution is 14.0. The first-order valence-electron chi connectivity index (χ1n) is 9.77. The number of aliphatic imine (C=N–C) groups is 1.